The highest BCUT2D eigenvalue weighted by Gasteiger charge is 2.47. The van der Waals surface area contributed by atoms with Gasteiger partial charge < -0.3 is 56.0 Å². The summed E-state index contributed by atoms with van der Waals surface area (Å²) in [6, 6.07) is 34.2. The quantitative estimate of drug-likeness (QED) is 0.0305. The summed E-state index contributed by atoms with van der Waals surface area (Å²) in [6.07, 6.45) is 4.78. The minimum atomic E-state index is -2.18. The van der Waals surface area contributed by atoms with Crippen LogP contribution < -0.4 is 36.4 Å². The van der Waals surface area contributed by atoms with Crippen molar-refractivity contribution in [2.75, 3.05) is 114 Å². The van der Waals surface area contributed by atoms with Gasteiger partial charge in [0.25, 0.3) is 0 Å². The van der Waals surface area contributed by atoms with Crippen molar-refractivity contribution in [3.63, 3.8) is 0 Å². The lowest BCUT2D eigenvalue weighted by Gasteiger charge is -2.57. The van der Waals surface area contributed by atoms with E-state index < -0.39 is 31.9 Å². The lowest BCUT2D eigenvalue weighted by atomic mass is 9.77. The van der Waals surface area contributed by atoms with Crippen LogP contribution in [-0.2, 0) is 4.74 Å². The standard InChI is InChI=1S/C26H40N2.C19H26N2.C13H30N2.2C9H22N2.C7H16O2.6C4H10/c1-18-14-12-15-19(2)22(18)27-25(8,9)26(10,11)28(24(5,6)7)23-20(3)16-13-17-21(23)4;1-19(2,3)21(18-13-8-5-9-14-18)16-10-15-20-17-11-6-4-7-12-17;1-11(2)14-9-8-10-15(12(3)4)13(5,6)7;2*1-9(2,3)11(5)8-6-7-10-4;1-7(2,3)9-6-4-5-8;6*1-4(2)3/h12-17,27H,1-11H3;4-9,11-14,20H,10,15-16H2,1-3H3;11-12,14H,8-10H2,1-7H3;2*10H,6-8H2,1-5H3;8H,4-6H2,1-3H3;6*4H,1-3H3/i1D3;;;4D3,5D3;;;;;;;;. The molecule has 0 atom stereocenters. The number of nitrogens with one attached hydrogen (secondary N) is 5. The lowest BCUT2D eigenvalue weighted by molar-refractivity contribution is -0.00868. The summed E-state index contributed by atoms with van der Waals surface area (Å²) in [7, 11) is 4.17. The van der Waals surface area contributed by atoms with E-state index in [0.717, 1.165) is 80.1 Å². The van der Waals surface area contributed by atoms with Crippen LogP contribution in [-0.4, -0.2) is 170 Å². The second-order valence-electron chi connectivity index (χ2n) is 43.4. The zero-order chi connectivity index (χ0) is 103. The van der Waals surface area contributed by atoms with E-state index in [1.54, 1.807) is 6.07 Å². The maximum atomic E-state index is 8.38. The van der Waals surface area contributed by atoms with Crippen LogP contribution in [0.5, 0.6) is 0 Å². The third-order valence-corrected chi connectivity index (χ3v) is 16.7. The van der Waals surface area contributed by atoms with Crippen LogP contribution in [0.15, 0.2) is 97.1 Å². The Morgan fingerprint density at radius 3 is 1.14 bits per heavy atom. The summed E-state index contributed by atoms with van der Waals surface area (Å²) in [5.74, 6) is 5.00. The van der Waals surface area contributed by atoms with Gasteiger partial charge in [0.05, 0.1) is 16.7 Å². The highest BCUT2D eigenvalue weighted by Crippen LogP contribution is 2.43. The molecule has 0 aliphatic rings. The number of aliphatic hydroxyl groups is 1. The molecule has 0 spiro atoms. The first-order valence-corrected chi connectivity index (χ1v) is 46.0. The van der Waals surface area contributed by atoms with E-state index in [1.165, 1.54) is 59.0 Å². The van der Waals surface area contributed by atoms with Crippen molar-refractivity contribution in [3.05, 3.63) is 119 Å². The summed E-state index contributed by atoms with van der Waals surface area (Å²) >= 11 is 0. The molecule has 706 valence electrons. The molecule has 0 aromatic heterocycles. The van der Waals surface area contributed by atoms with Crippen LogP contribution in [0.4, 0.5) is 22.7 Å². The van der Waals surface area contributed by atoms with E-state index in [1.807, 2.05) is 73.7 Å². The molecule has 0 fully saturated rings. The summed E-state index contributed by atoms with van der Waals surface area (Å²) in [6.45, 7) is 103. The molecule has 4 aromatic carbocycles. The van der Waals surface area contributed by atoms with Crippen molar-refractivity contribution < 1.29 is 22.2 Å². The van der Waals surface area contributed by atoms with Gasteiger partial charge in [-0.25, -0.2) is 0 Å². The van der Waals surface area contributed by atoms with Crippen molar-refractivity contribution in [3.8, 4) is 0 Å². The summed E-state index contributed by atoms with van der Waals surface area (Å²) in [5.41, 5.74) is 7.42. The molecule has 6 N–H and O–H groups in total. The number of hydrogen-bond acceptors (Lipinski definition) is 12. The fourth-order valence-corrected chi connectivity index (χ4v) is 10.6. The first-order chi connectivity index (χ1) is 57.5. The molecule has 0 heterocycles. The average Bonchev–Trinajstić information content (AvgIpc) is 0.738. The summed E-state index contributed by atoms with van der Waals surface area (Å²) in [5, 5.41) is 24.5. The number of ether oxygens (including phenoxy) is 1. The van der Waals surface area contributed by atoms with Crippen molar-refractivity contribution in [2.45, 2.75) is 421 Å². The second kappa shape index (κ2) is 70.0. The molecule has 0 unspecified atom stereocenters. The highest BCUT2D eigenvalue weighted by molar-refractivity contribution is 5.65. The molecular weight excluding hydrogens is 1460 g/mol. The van der Waals surface area contributed by atoms with E-state index in [2.05, 4.69) is 403 Å². The van der Waals surface area contributed by atoms with Gasteiger partial charge in [0.1, 0.15) is 0 Å². The van der Waals surface area contributed by atoms with Gasteiger partial charge in [-0.05, 0) is 369 Å². The topological polar surface area (TPSA) is 106 Å². The molecule has 0 bridgehead atoms. The van der Waals surface area contributed by atoms with E-state index in [9.17, 15) is 0 Å². The van der Waals surface area contributed by atoms with Gasteiger partial charge in [0, 0.05) is 108 Å². The number of nitrogens with zero attached hydrogens (tertiary/aromatic N) is 5. The van der Waals surface area contributed by atoms with E-state index >= 15 is 0 Å². The van der Waals surface area contributed by atoms with Gasteiger partial charge in [0.15, 0.2) is 0 Å². The molecule has 0 saturated heterocycles. The summed E-state index contributed by atoms with van der Waals surface area (Å²) in [4.78, 5) is 11.3. The molecule has 12 heteroatoms. The largest absolute Gasteiger partial charge is 0.396 e. The van der Waals surface area contributed by atoms with Gasteiger partial charge in [0.2, 0.25) is 0 Å². The predicted octanol–water partition coefficient (Wildman–Crippen LogP) is 28.7. The Bertz CT molecular complexity index is 3110. The average molecular weight is 1680 g/mol. The van der Waals surface area contributed by atoms with Gasteiger partial charge in [-0.1, -0.05) is 211 Å². The number of benzene rings is 4. The lowest BCUT2D eigenvalue weighted by Crippen LogP contribution is -2.67. The molecule has 4 aromatic rings. The van der Waals surface area contributed by atoms with E-state index in [0.29, 0.717) is 48.4 Å². The maximum Gasteiger partial charge on any atom is 0.0598 e. The molecule has 0 aliphatic carbocycles. The van der Waals surface area contributed by atoms with Crippen molar-refractivity contribution in [1.29, 1.82) is 0 Å². The fourth-order valence-electron chi connectivity index (χ4n) is 10.6. The van der Waals surface area contributed by atoms with Crippen molar-refractivity contribution >= 4 is 22.7 Å². The van der Waals surface area contributed by atoms with Gasteiger partial charge in [-0.2, -0.15) is 0 Å². The highest BCUT2D eigenvalue weighted by atomic mass is 16.5. The molecule has 119 heavy (non-hydrogen) atoms. The number of rotatable bonds is 28. The number of anilines is 4. The van der Waals surface area contributed by atoms with E-state index in [-0.39, 0.29) is 40.9 Å². The van der Waals surface area contributed by atoms with Crippen LogP contribution in [0, 0.1) is 63.1 Å². The van der Waals surface area contributed by atoms with Crippen molar-refractivity contribution in [1.82, 2.24) is 30.7 Å². The molecular formula is C107H216N10O2. The Labute approximate surface area is 761 Å². The monoisotopic (exact) mass is 1680 g/mol. The van der Waals surface area contributed by atoms with Crippen molar-refractivity contribution in [2.24, 2.45) is 35.5 Å². The van der Waals surface area contributed by atoms with Crippen LogP contribution in [0.1, 0.15) is 371 Å². The Morgan fingerprint density at radius 1 is 0.412 bits per heavy atom. The predicted molar refractivity (Wildman–Crippen MR) is 551 cm³/mol. The van der Waals surface area contributed by atoms with Gasteiger partial charge >= 0.3 is 0 Å². The van der Waals surface area contributed by atoms with Crippen LogP contribution in [0.25, 0.3) is 0 Å². The zero-order valence-corrected chi connectivity index (χ0v) is 88.6. The SMILES string of the molecule is CC(C)(C)N(CCCNc1ccccc1)c1ccccc1.CC(C)(C)OCCCO.CC(C)C.CC(C)C.CC(C)C.CC(C)C.CC(C)C.CC(C)C.CC(C)NCCCN(C(C)C)C(C)(C)C.CNCCCN(C)C(C)(C)C.[2H]C([2H])([2H])NCCCN(C([2H])([2H])[2H])C(C)(C)C.[2H]C([2H])([2H])c1cccc(C)c1NC(C)(C)C(C)(C)N(c1c(C)cccc1C)C(C)(C)C. The van der Waals surface area contributed by atoms with Crippen LogP contribution in [0.2, 0.25) is 0 Å². The molecule has 0 aliphatic heterocycles. The third kappa shape index (κ3) is 81.8. The number of para-hydroxylation sites is 4. The summed E-state index contributed by atoms with van der Waals surface area (Å²) < 4.78 is 72.6. The van der Waals surface area contributed by atoms with Gasteiger partial charge in [-0.3, -0.25) is 4.90 Å². The molecule has 0 saturated carbocycles. The maximum absolute atomic E-state index is 8.38. The molecule has 0 radical (unpaired) electrons. The zero-order valence-electron chi connectivity index (χ0n) is 97.6. The van der Waals surface area contributed by atoms with Crippen LogP contribution in [0.3, 0.4) is 0 Å². The third-order valence-electron chi connectivity index (χ3n) is 16.7. The molecule has 4 rings (SSSR count). The second-order valence-corrected chi connectivity index (χ2v) is 43.4. The smallest absolute Gasteiger partial charge is 0.0598 e. The number of aryl methyl sites for hydroxylation is 4. The molecule has 12 nitrogen and oxygen atoms in total. The minimum absolute atomic E-state index is 0.0603. The Balaban J connectivity index is -0.000000220. The van der Waals surface area contributed by atoms with Gasteiger partial charge in [-0.15, -0.1) is 0 Å². The first kappa shape index (κ1) is 111. The Kier molecular flexibility index (Phi) is 65.2. The molecule has 0 amide bonds. The fraction of sp³-hybridized carbons (Fsp3) is 0.776. The Hall–Kier alpha value is -4.24. The number of aliphatic hydroxyl groups excluding tert-OH is 1. The number of hydrogen-bond donors (Lipinski definition) is 6. The normalized spacial score (nSPS) is 13.1. The van der Waals surface area contributed by atoms with E-state index in [4.69, 9.17) is 22.2 Å². The Morgan fingerprint density at radius 2 is 0.798 bits per heavy atom. The minimum Gasteiger partial charge on any atom is -0.396 e. The first-order valence-electron chi connectivity index (χ1n) is 50.5. The van der Waals surface area contributed by atoms with Crippen LogP contribution >= 0.6 is 0 Å².